The second-order valence-corrected chi connectivity index (χ2v) is 6.65. The number of carbonyl (C=O) groups is 2. The summed E-state index contributed by atoms with van der Waals surface area (Å²) in [5.41, 5.74) is -0.268. The van der Waals surface area contributed by atoms with Crippen LogP contribution in [0.3, 0.4) is 0 Å². The summed E-state index contributed by atoms with van der Waals surface area (Å²) in [7, 11) is 3.59. The van der Waals surface area contributed by atoms with E-state index in [2.05, 4.69) is 10.6 Å². The van der Waals surface area contributed by atoms with Crippen LogP contribution in [0.1, 0.15) is 17.2 Å². The van der Waals surface area contributed by atoms with E-state index >= 15 is 0 Å². The number of alkyl halides is 3. The topological polar surface area (TPSA) is 61.4 Å². The lowest BCUT2D eigenvalue weighted by Crippen LogP contribution is -2.40. The molecule has 2 N–H and O–H groups in total. The quantitative estimate of drug-likeness (QED) is 0.734. The lowest BCUT2D eigenvalue weighted by atomic mass is 10.1. The third-order valence-electron chi connectivity index (χ3n) is 4.00. The van der Waals surface area contributed by atoms with E-state index in [0.29, 0.717) is 5.02 Å². The van der Waals surface area contributed by atoms with Crippen LogP contribution in [0.15, 0.2) is 48.5 Å². The molecule has 0 aliphatic rings. The van der Waals surface area contributed by atoms with Crippen molar-refractivity contribution in [1.82, 2.24) is 10.2 Å². The predicted molar refractivity (Wildman–Crippen MR) is 101 cm³/mol. The van der Waals surface area contributed by atoms with E-state index in [0.717, 1.165) is 23.8 Å². The minimum Gasteiger partial charge on any atom is -0.346 e. The van der Waals surface area contributed by atoms with E-state index in [-0.39, 0.29) is 18.3 Å². The van der Waals surface area contributed by atoms with Crippen LogP contribution in [0.4, 0.5) is 18.9 Å². The molecule has 2 aromatic rings. The SMILES string of the molecule is CN(C)C(CNC(=O)C(=O)Nc1cccc(C(F)(F)F)c1)c1ccccc1Cl. The first-order valence-corrected chi connectivity index (χ1v) is 8.64. The van der Waals surface area contributed by atoms with Gasteiger partial charge < -0.3 is 15.5 Å². The molecule has 150 valence electrons. The zero-order valence-electron chi connectivity index (χ0n) is 15.2. The van der Waals surface area contributed by atoms with E-state index < -0.39 is 23.6 Å². The van der Waals surface area contributed by atoms with Crippen LogP contribution >= 0.6 is 11.6 Å². The number of nitrogens with zero attached hydrogens (tertiary/aromatic N) is 1. The van der Waals surface area contributed by atoms with Crippen LogP contribution in [0.2, 0.25) is 5.02 Å². The first-order valence-electron chi connectivity index (χ1n) is 8.27. The molecule has 0 saturated heterocycles. The normalized spacial score (nSPS) is 12.5. The predicted octanol–water partition coefficient (Wildman–Crippen LogP) is 3.72. The molecule has 2 amide bonds. The summed E-state index contributed by atoms with van der Waals surface area (Å²) >= 11 is 6.19. The van der Waals surface area contributed by atoms with Crippen molar-refractivity contribution in [2.75, 3.05) is 26.0 Å². The van der Waals surface area contributed by atoms with E-state index in [4.69, 9.17) is 11.6 Å². The Morgan fingerprint density at radius 1 is 1.07 bits per heavy atom. The van der Waals surface area contributed by atoms with Gasteiger partial charge in [-0.3, -0.25) is 9.59 Å². The van der Waals surface area contributed by atoms with Crippen molar-refractivity contribution < 1.29 is 22.8 Å². The van der Waals surface area contributed by atoms with Crippen LogP contribution in [-0.2, 0) is 15.8 Å². The van der Waals surface area contributed by atoms with Crippen LogP contribution in [-0.4, -0.2) is 37.4 Å². The number of anilines is 1. The first-order chi connectivity index (χ1) is 13.1. The molecule has 0 aliphatic heterocycles. The van der Waals surface area contributed by atoms with E-state index in [1.54, 1.807) is 32.3 Å². The van der Waals surface area contributed by atoms with Gasteiger partial charge in [0.25, 0.3) is 0 Å². The van der Waals surface area contributed by atoms with E-state index in [1.807, 2.05) is 11.0 Å². The van der Waals surface area contributed by atoms with Crippen molar-refractivity contribution in [2.45, 2.75) is 12.2 Å². The summed E-state index contributed by atoms with van der Waals surface area (Å²) in [6.45, 7) is 0.0889. The van der Waals surface area contributed by atoms with Crippen molar-refractivity contribution in [1.29, 1.82) is 0 Å². The third kappa shape index (κ3) is 5.71. The molecule has 2 aromatic carbocycles. The van der Waals surface area contributed by atoms with Gasteiger partial charge in [0, 0.05) is 17.3 Å². The zero-order valence-corrected chi connectivity index (χ0v) is 15.9. The molecule has 0 fully saturated rings. The Kier molecular flexibility index (Phi) is 7.04. The van der Waals surface area contributed by atoms with Gasteiger partial charge in [-0.05, 0) is 43.9 Å². The van der Waals surface area contributed by atoms with Crippen LogP contribution in [0.5, 0.6) is 0 Å². The maximum Gasteiger partial charge on any atom is 0.416 e. The summed E-state index contributed by atoms with van der Waals surface area (Å²) in [6, 6.07) is 10.9. The number of likely N-dealkylation sites (N-methyl/N-ethyl adjacent to an activating group) is 1. The average Bonchev–Trinajstić information content (AvgIpc) is 2.62. The third-order valence-corrected chi connectivity index (χ3v) is 4.34. The summed E-state index contributed by atoms with van der Waals surface area (Å²) in [5.74, 6) is -2.02. The first kappa shape index (κ1) is 21.7. The smallest absolute Gasteiger partial charge is 0.346 e. The zero-order chi connectivity index (χ0) is 20.9. The van der Waals surface area contributed by atoms with Crippen molar-refractivity contribution in [2.24, 2.45) is 0 Å². The van der Waals surface area contributed by atoms with Crippen molar-refractivity contribution in [3.63, 3.8) is 0 Å². The van der Waals surface area contributed by atoms with Crippen LogP contribution in [0.25, 0.3) is 0 Å². The molecule has 0 saturated carbocycles. The highest BCUT2D eigenvalue weighted by Gasteiger charge is 2.30. The van der Waals surface area contributed by atoms with Crippen LogP contribution in [0, 0.1) is 0 Å². The number of hydrogen-bond donors (Lipinski definition) is 2. The molecule has 1 atom stereocenters. The minimum absolute atomic E-state index is 0.0889. The molecule has 0 heterocycles. The van der Waals surface area contributed by atoms with Crippen LogP contribution < -0.4 is 10.6 Å². The molecule has 9 heteroatoms. The molecular formula is C19H19ClF3N3O2. The largest absolute Gasteiger partial charge is 0.416 e. The number of hydrogen-bond acceptors (Lipinski definition) is 3. The summed E-state index contributed by atoms with van der Waals surface area (Å²) < 4.78 is 38.2. The van der Waals surface area contributed by atoms with Gasteiger partial charge in [0.05, 0.1) is 11.6 Å². The molecule has 0 spiro atoms. The van der Waals surface area contributed by atoms with Gasteiger partial charge in [-0.25, -0.2) is 0 Å². The van der Waals surface area contributed by atoms with Gasteiger partial charge in [0.15, 0.2) is 0 Å². The van der Waals surface area contributed by atoms with Gasteiger partial charge in [-0.2, -0.15) is 13.2 Å². The van der Waals surface area contributed by atoms with Crippen molar-refractivity contribution >= 4 is 29.1 Å². The molecule has 1 unspecified atom stereocenters. The van der Waals surface area contributed by atoms with Crippen molar-refractivity contribution in [3.05, 3.63) is 64.7 Å². The van der Waals surface area contributed by atoms with Gasteiger partial charge in [-0.1, -0.05) is 35.9 Å². The molecule has 0 radical (unpaired) electrons. The van der Waals surface area contributed by atoms with Gasteiger partial charge >= 0.3 is 18.0 Å². The number of amides is 2. The fourth-order valence-electron chi connectivity index (χ4n) is 2.55. The van der Waals surface area contributed by atoms with E-state index in [9.17, 15) is 22.8 Å². The van der Waals surface area contributed by atoms with Gasteiger partial charge in [0.1, 0.15) is 0 Å². The number of rotatable bonds is 5. The maximum atomic E-state index is 12.7. The number of carbonyl (C=O) groups excluding carboxylic acids is 2. The highest BCUT2D eigenvalue weighted by Crippen LogP contribution is 2.30. The molecule has 2 rings (SSSR count). The highest BCUT2D eigenvalue weighted by molar-refractivity contribution is 6.39. The molecule has 0 bridgehead atoms. The molecule has 28 heavy (non-hydrogen) atoms. The summed E-state index contributed by atoms with van der Waals surface area (Å²) in [5, 5.41) is 5.17. The number of halogens is 4. The van der Waals surface area contributed by atoms with E-state index in [1.165, 1.54) is 6.07 Å². The second-order valence-electron chi connectivity index (χ2n) is 6.24. The fraction of sp³-hybridized carbons (Fsp3) is 0.263. The summed E-state index contributed by atoms with van der Waals surface area (Å²) in [6.07, 6.45) is -4.54. The fourth-order valence-corrected chi connectivity index (χ4v) is 2.81. The molecular weight excluding hydrogens is 395 g/mol. The Labute approximate surface area is 165 Å². The highest BCUT2D eigenvalue weighted by atomic mass is 35.5. The average molecular weight is 414 g/mol. The molecule has 5 nitrogen and oxygen atoms in total. The molecule has 0 aromatic heterocycles. The Morgan fingerprint density at radius 3 is 2.36 bits per heavy atom. The lowest BCUT2D eigenvalue weighted by molar-refractivity contribution is -0.137. The monoisotopic (exact) mass is 413 g/mol. The number of benzene rings is 2. The van der Waals surface area contributed by atoms with Crippen molar-refractivity contribution in [3.8, 4) is 0 Å². The minimum atomic E-state index is -4.54. The Bertz CT molecular complexity index is 856. The number of nitrogens with one attached hydrogen (secondary N) is 2. The Hall–Kier alpha value is -2.58. The second kappa shape index (κ2) is 9.07. The standard InChI is InChI=1S/C19H19ClF3N3O2/c1-26(2)16(14-8-3-4-9-15(14)20)11-24-17(27)18(28)25-13-7-5-6-12(10-13)19(21,22)23/h3-10,16H,11H2,1-2H3,(H,24,27)(H,25,28). The maximum absolute atomic E-state index is 12.7. The Balaban J connectivity index is 2.02. The van der Waals surface area contributed by atoms with Gasteiger partial charge in [-0.15, -0.1) is 0 Å². The summed E-state index contributed by atoms with van der Waals surface area (Å²) in [4.78, 5) is 25.9. The molecule has 0 aliphatic carbocycles. The van der Waals surface area contributed by atoms with Gasteiger partial charge in [0.2, 0.25) is 0 Å². The Morgan fingerprint density at radius 2 is 1.75 bits per heavy atom. The lowest BCUT2D eigenvalue weighted by Gasteiger charge is -2.25.